The smallest absolute Gasteiger partial charge is 0.325 e. The van der Waals surface area contributed by atoms with Gasteiger partial charge in [0.2, 0.25) is 11.9 Å². The van der Waals surface area contributed by atoms with E-state index < -0.39 is 22.0 Å². The van der Waals surface area contributed by atoms with Gasteiger partial charge in [0.15, 0.2) is 0 Å². The van der Waals surface area contributed by atoms with Gasteiger partial charge in [0.25, 0.3) is 10.0 Å². The molecule has 0 saturated carbocycles. The molecule has 2 aromatic carbocycles. The zero-order valence-corrected chi connectivity index (χ0v) is 20.1. The Labute approximate surface area is 200 Å². The third kappa shape index (κ3) is 9.20. The van der Waals surface area contributed by atoms with E-state index in [1.807, 2.05) is 37.3 Å². The average Bonchev–Trinajstić information content (AvgIpc) is 2.82. The number of nitrogens with two attached hydrogens (primary N) is 1. The van der Waals surface area contributed by atoms with Crippen molar-refractivity contribution in [2.45, 2.75) is 37.3 Å². The first-order valence-corrected chi connectivity index (χ1v) is 12.2. The number of guanidine groups is 1. The molecule has 0 saturated heterocycles. The largest absolute Gasteiger partial charge is 0.460 e. The van der Waals surface area contributed by atoms with E-state index >= 15 is 0 Å². The number of benzene rings is 2. The summed E-state index contributed by atoms with van der Waals surface area (Å²) in [5.74, 6) is -1.12. The van der Waals surface area contributed by atoms with Crippen LogP contribution in [0.15, 0.2) is 64.5 Å². The van der Waals surface area contributed by atoms with Crippen LogP contribution in [0, 0.1) is 6.92 Å². The Morgan fingerprint density at radius 1 is 1.09 bits per heavy atom. The lowest BCUT2D eigenvalue weighted by molar-refractivity contribution is -0.145. The highest BCUT2D eigenvalue weighted by atomic mass is 32.2. The second-order valence-electron chi connectivity index (χ2n) is 7.53. The third-order valence-electron chi connectivity index (χ3n) is 4.82. The SMILES string of the molecule is CN[C@@H](CCCN=C(N)NS(=O)(=O)c1ccc(C)cc1)C(=O)NCC(=O)OCc1ccccc1. The van der Waals surface area contributed by atoms with E-state index in [0.717, 1.165) is 11.1 Å². The number of aliphatic imine (C=N–C) groups is 1. The van der Waals surface area contributed by atoms with E-state index in [9.17, 15) is 18.0 Å². The summed E-state index contributed by atoms with van der Waals surface area (Å²) in [5.41, 5.74) is 7.50. The maximum atomic E-state index is 12.3. The van der Waals surface area contributed by atoms with Crippen molar-refractivity contribution >= 4 is 27.9 Å². The number of rotatable bonds is 12. The number of nitrogens with one attached hydrogen (secondary N) is 3. The predicted octanol–water partition coefficient (Wildman–Crippen LogP) is 0.816. The average molecular weight is 490 g/mol. The highest BCUT2D eigenvalue weighted by Crippen LogP contribution is 2.09. The Bertz CT molecular complexity index is 1070. The fourth-order valence-electron chi connectivity index (χ4n) is 2.92. The normalized spacial score (nSPS) is 12.6. The summed E-state index contributed by atoms with van der Waals surface area (Å²) >= 11 is 0. The van der Waals surface area contributed by atoms with Crippen molar-refractivity contribution in [2.75, 3.05) is 20.1 Å². The fourth-order valence-corrected chi connectivity index (χ4v) is 3.87. The van der Waals surface area contributed by atoms with E-state index in [-0.39, 0.29) is 36.5 Å². The van der Waals surface area contributed by atoms with Crippen molar-refractivity contribution in [3.63, 3.8) is 0 Å². The molecule has 0 unspecified atom stereocenters. The number of amides is 1. The molecule has 11 heteroatoms. The van der Waals surface area contributed by atoms with E-state index in [4.69, 9.17) is 10.5 Å². The Hall–Kier alpha value is -3.44. The molecule has 10 nitrogen and oxygen atoms in total. The molecule has 0 aromatic heterocycles. The highest BCUT2D eigenvalue weighted by Gasteiger charge is 2.17. The summed E-state index contributed by atoms with van der Waals surface area (Å²) in [4.78, 5) is 28.3. The van der Waals surface area contributed by atoms with Crippen LogP contribution in [0.1, 0.15) is 24.0 Å². The molecule has 1 amide bonds. The monoisotopic (exact) mass is 489 g/mol. The summed E-state index contributed by atoms with van der Waals surface area (Å²) in [6.45, 7) is 1.97. The molecule has 0 spiro atoms. The van der Waals surface area contributed by atoms with Crippen LogP contribution in [-0.2, 0) is 31.0 Å². The number of aryl methyl sites for hydroxylation is 1. The first-order valence-electron chi connectivity index (χ1n) is 10.7. The summed E-state index contributed by atoms with van der Waals surface area (Å²) < 4.78 is 32.0. The zero-order chi connectivity index (χ0) is 25.0. The van der Waals surface area contributed by atoms with Crippen LogP contribution in [0.25, 0.3) is 0 Å². The second kappa shape index (κ2) is 13.3. The number of hydrogen-bond acceptors (Lipinski definition) is 7. The lowest BCUT2D eigenvalue weighted by Gasteiger charge is -2.15. The van der Waals surface area contributed by atoms with E-state index in [0.29, 0.717) is 12.8 Å². The third-order valence-corrected chi connectivity index (χ3v) is 6.19. The van der Waals surface area contributed by atoms with Crippen molar-refractivity contribution in [3.8, 4) is 0 Å². The highest BCUT2D eigenvalue weighted by molar-refractivity contribution is 7.90. The molecule has 0 bridgehead atoms. The van der Waals surface area contributed by atoms with Crippen molar-refractivity contribution < 1.29 is 22.7 Å². The van der Waals surface area contributed by atoms with Gasteiger partial charge >= 0.3 is 5.97 Å². The Morgan fingerprint density at radius 2 is 1.76 bits per heavy atom. The van der Waals surface area contributed by atoms with Crippen molar-refractivity contribution in [2.24, 2.45) is 10.7 Å². The Kier molecular flexibility index (Phi) is 10.5. The van der Waals surface area contributed by atoms with Gasteiger partial charge in [-0.05, 0) is 44.5 Å². The summed E-state index contributed by atoms with van der Waals surface area (Å²) in [7, 11) is -2.18. The molecule has 2 rings (SSSR count). The molecule has 1 atom stereocenters. The van der Waals surface area contributed by atoms with Crippen LogP contribution in [-0.4, -0.2) is 52.4 Å². The summed E-state index contributed by atoms with van der Waals surface area (Å²) in [6, 6.07) is 15.0. The molecule has 0 radical (unpaired) electrons. The quantitative estimate of drug-likeness (QED) is 0.149. The molecule has 0 heterocycles. The molecule has 0 aliphatic heterocycles. The molecule has 5 N–H and O–H groups in total. The second-order valence-corrected chi connectivity index (χ2v) is 9.22. The standard InChI is InChI=1S/C23H31N5O5S/c1-17-10-12-19(13-11-17)34(31,32)28-23(24)26-14-6-9-20(25-2)22(30)27-15-21(29)33-16-18-7-4-3-5-8-18/h3-5,7-8,10-13,20,25H,6,9,14-16H2,1-2H3,(H,27,30)(H3,24,26,28)/t20-/m0/s1. The number of ether oxygens (including phenoxy) is 1. The van der Waals surface area contributed by atoms with E-state index in [2.05, 4.69) is 20.3 Å². The first kappa shape index (κ1) is 26.8. The van der Waals surface area contributed by atoms with Crippen LogP contribution in [0.5, 0.6) is 0 Å². The Morgan fingerprint density at radius 3 is 2.41 bits per heavy atom. The maximum Gasteiger partial charge on any atom is 0.325 e. The minimum atomic E-state index is -3.81. The molecule has 0 fully saturated rings. The number of sulfonamides is 1. The van der Waals surface area contributed by atoms with Gasteiger partial charge in [0.05, 0.1) is 10.9 Å². The van der Waals surface area contributed by atoms with Crippen LogP contribution in [0.2, 0.25) is 0 Å². The van der Waals surface area contributed by atoms with Gasteiger partial charge in [0.1, 0.15) is 13.2 Å². The van der Waals surface area contributed by atoms with Crippen LogP contribution in [0.4, 0.5) is 0 Å². The van der Waals surface area contributed by atoms with Gasteiger partial charge in [-0.25, -0.2) is 13.1 Å². The van der Waals surface area contributed by atoms with Gasteiger partial charge in [-0.3, -0.25) is 14.6 Å². The molecular formula is C23H31N5O5S. The number of likely N-dealkylation sites (N-methyl/N-ethyl adjacent to an activating group) is 1. The number of hydrogen-bond donors (Lipinski definition) is 4. The van der Waals surface area contributed by atoms with E-state index in [1.165, 1.54) is 12.1 Å². The van der Waals surface area contributed by atoms with Crippen LogP contribution < -0.4 is 21.1 Å². The Balaban J connectivity index is 1.72. The fraction of sp³-hybridized carbons (Fsp3) is 0.348. The number of esters is 1. The summed E-state index contributed by atoms with van der Waals surface area (Å²) in [5, 5.41) is 5.42. The minimum Gasteiger partial charge on any atom is -0.460 e. The van der Waals surface area contributed by atoms with Gasteiger partial charge in [-0.1, -0.05) is 48.0 Å². The minimum absolute atomic E-state index is 0.0884. The molecule has 184 valence electrons. The van der Waals surface area contributed by atoms with E-state index in [1.54, 1.807) is 19.2 Å². The van der Waals surface area contributed by atoms with Gasteiger partial charge in [-0.2, -0.15) is 0 Å². The number of carbonyl (C=O) groups is 2. The van der Waals surface area contributed by atoms with Gasteiger partial charge in [-0.15, -0.1) is 0 Å². The molecule has 0 aliphatic rings. The van der Waals surface area contributed by atoms with Crippen LogP contribution >= 0.6 is 0 Å². The molecule has 2 aromatic rings. The zero-order valence-electron chi connectivity index (χ0n) is 19.3. The van der Waals surface area contributed by atoms with Gasteiger partial charge < -0.3 is 21.1 Å². The lowest BCUT2D eigenvalue weighted by Crippen LogP contribution is -2.44. The first-order chi connectivity index (χ1) is 16.2. The molecule has 34 heavy (non-hydrogen) atoms. The van der Waals surface area contributed by atoms with Gasteiger partial charge in [0, 0.05) is 6.54 Å². The number of nitrogens with zero attached hydrogens (tertiary/aromatic N) is 1. The molecular weight excluding hydrogens is 458 g/mol. The summed E-state index contributed by atoms with van der Waals surface area (Å²) in [6.07, 6.45) is 0.868. The topological polar surface area (TPSA) is 152 Å². The lowest BCUT2D eigenvalue weighted by atomic mass is 10.1. The van der Waals surface area contributed by atoms with Crippen molar-refractivity contribution in [1.82, 2.24) is 15.4 Å². The van der Waals surface area contributed by atoms with Crippen LogP contribution in [0.3, 0.4) is 0 Å². The van der Waals surface area contributed by atoms with Crippen molar-refractivity contribution in [3.05, 3.63) is 65.7 Å². The maximum absolute atomic E-state index is 12.3. The van der Waals surface area contributed by atoms with Crippen molar-refractivity contribution in [1.29, 1.82) is 0 Å². The predicted molar refractivity (Wildman–Crippen MR) is 129 cm³/mol. The molecule has 0 aliphatic carbocycles. The number of carbonyl (C=O) groups excluding carboxylic acids is 2.